The minimum atomic E-state index is -3.80. The maximum Gasteiger partial charge on any atom is 0.265 e. The molecule has 0 atom stereocenters. The van der Waals surface area contributed by atoms with Crippen molar-refractivity contribution in [3.05, 3.63) is 21.1 Å². The van der Waals surface area contributed by atoms with Crippen LogP contribution in [0, 0.1) is 0 Å². The van der Waals surface area contributed by atoms with Gasteiger partial charge in [0, 0.05) is 15.2 Å². The van der Waals surface area contributed by atoms with E-state index in [0.717, 1.165) is 0 Å². The number of halogens is 3. The third-order valence-corrected chi connectivity index (χ3v) is 3.82. The molecule has 0 saturated carbocycles. The first-order valence-electron chi connectivity index (χ1n) is 3.34. The molecule has 0 amide bonds. The minimum Gasteiger partial charge on any atom is -0.494 e. The second-order valence-electron chi connectivity index (χ2n) is 2.36. The van der Waals surface area contributed by atoms with E-state index < -0.39 is 9.05 Å². The van der Waals surface area contributed by atoms with Gasteiger partial charge in [-0.25, -0.2) is 8.42 Å². The molecule has 0 aromatic heterocycles. The van der Waals surface area contributed by atoms with Gasteiger partial charge in [0.25, 0.3) is 9.05 Å². The second-order valence-corrected chi connectivity index (χ2v) is 6.66. The maximum atomic E-state index is 11.2. The third-order valence-electron chi connectivity index (χ3n) is 1.44. The molecule has 3 nitrogen and oxygen atoms in total. The van der Waals surface area contributed by atoms with Crippen molar-refractivity contribution in [2.24, 2.45) is 0 Å². The molecule has 0 radical (unpaired) electrons. The Morgan fingerprint density at radius 2 is 1.93 bits per heavy atom. The number of hydrogen-bond acceptors (Lipinski definition) is 3. The summed E-state index contributed by atoms with van der Waals surface area (Å²) >= 11 is 6.33. The van der Waals surface area contributed by atoms with E-state index in [2.05, 4.69) is 31.9 Å². The first-order valence-corrected chi connectivity index (χ1v) is 7.23. The van der Waals surface area contributed by atoms with Gasteiger partial charge >= 0.3 is 0 Å². The highest BCUT2D eigenvalue weighted by Crippen LogP contribution is 2.36. The average Bonchev–Trinajstić information content (AvgIpc) is 2.01. The zero-order chi connectivity index (χ0) is 10.9. The van der Waals surface area contributed by atoms with Crippen LogP contribution in [0.5, 0.6) is 5.75 Å². The first-order chi connectivity index (χ1) is 6.36. The van der Waals surface area contributed by atoms with Crippen LogP contribution in [0.25, 0.3) is 0 Å². The summed E-state index contributed by atoms with van der Waals surface area (Å²) in [5.74, 6) is 0.197. The van der Waals surface area contributed by atoms with Gasteiger partial charge in [0.15, 0.2) is 5.75 Å². The molecule has 0 saturated heterocycles. The zero-order valence-corrected chi connectivity index (χ0v) is 11.7. The Morgan fingerprint density at radius 1 is 1.36 bits per heavy atom. The van der Waals surface area contributed by atoms with Crippen molar-refractivity contribution in [1.82, 2.24) is 0 Å². The molecule has 0 fully saturated rings. The van der Waals surface area contributed by atoms with E-state index >= 15 is 0 Å². The van der Waals surface area contributed by atoms with Gasteiger partial charge in [0.1, 0.15) is 4.90 Å². The van der Waals surface area contributed by atoms with Gasteiger partial charge in [0.05, 0.1) is 11.6 Å². The van der Waals surface area contributed by atoms with Crippen molar-refractivity contribution in [3.63, 3.8) is 0 Å². The van der Waals surface area contributed by atoms with E-state index in [-0.39, 0.29) is 10.6 Å². The van der Waals surface area contributed by atoms with E-state index in [0.29, 0.717) is 8.95 Å². The van der Waals surface area contributed by atoms with Crippen molar-refractivity contribution < 1.29 is 13.2 Å². The van der Waals surface area contributed by atoms with E-state index in [1.165, 1.54) is 13.2 Å². The molecule has 78 valence electrons. The van der Waals surface area contributed by atoms with Gasteiger partial charge in [-0.05, 0) is 28.1 Å². The Bertz CT molecular complexity index is 458. The van der Waals surface area contributed by atoms with Crippen molar-refractivity contribution in [2.45, 2.75) is 4.90 Å². The molecular formula is C7H5Br2ClO3S. The molecule has 0 heterocycles. The molecule has 0 spiro atoms. The lowest BCUT2D eigenvalue weighted by molar-refractivity contribution is 0.400. The second kappa shape index (κ2) is 4.38. The number of hydrogen-bond donors (Lipinski definition) is 0. The van der Waals surface area contributed by atoms with Crippen LogP contribution >= 0.6 is 42.5 Å². The zero-order valence-electron chi connectivity index (χ0n) is 6.92. The summed E-state index contributed by atoms with van der Waals surface area (Å²) in [5.41, 5.74) is 0. The molecule has 0 aliphatic heterocycles. The van der Waals surface area contributed by atoms with Crippen LogP contribution in [0.3, 0.4) is 0 Å². The molecule has 7 heteroatoms. The Hall–Kier alpha value is 0.220. The molecule has 0 aliphatic rings. The van der Waals surface area contributed by atoms with Gasteiger partial charge < -0.3 is 4.74 Å². The lowest BCUT2D eigenvalue weighted by Crippen LogP contribution is -1.97. The molecule has 14 heavy (non-hydrogen) atoms. The molecular weight excluding hydrogens is 359 g/mol. The Kier molecular flexibility index (Phi) is 3.85. The van der Waals surface area contributed by atoms with Gasteiger partial charge in [-0.3, -0.25) is 0 Å². The quantitative estimate of drug-likeness (QED) is 0.757. The number of rotatable bonds is 2. The van der Waals surface area contributed by atoms with Gasteiger partial charge in [-0.1, -0.05) is 15.9 Å². The van der Waals surface area contributed by atoms with Crippen molar-refractivity contribution in [3.8, 4) is 5.75 Å². The van der Waals surface area contributed by atoms with Crippen LogP contribution < -0.4 is 4.74 Å². The Morgan fingerprint density at radius 3 is 2.36 bits per heavy atom. The van der Waals surface area contributed by atoms with E-state index in [4.69, 9.17) is 15.4 Å². The fourth-order valence-electron chi connectivity index (χ4n) is 0.916. The molecule has 1 rings (SSSR count). The summed E-state index contributed by atoms with van der Waals surface area (Å²) < 4.78 is 28.4. The van der Waals surface area contributed by atoms with Crippen molar-refractivity contribution >= 4 is 51.6 Å². The van der Waals surface area contributed by atoms with Gasteiger partial charge in [0.2, 0.25) is 0 Å². The highest BCUT2D eigenvalue weighted by atomic mass is 79.9. The number of methoxy groups -OCH3 is 1. The third kappa shape index (κ3) is 2.62. The lowest BCUT2D eigenvalue weighted by Gasteiger charge is -2.08. The van der Waals surface area contributed by atoms with E-state index in [9.17, 15) is 8.42 Å². The predicted octanol–water partition coefficient (Wildman–Crippen LogP) is 3.15. The Labute approximate surface area is 103 Å². The number of benzene rings is 1. The van der Waals surface area contributed by atoms with Crippen LogP contribution in [0.2, 0.25) is 0 Å². The van der Waals surface area contributed by atoms with Crippen LogP contribution in [0.15, 0.2) is 26.0 Å². The SMILES string of the molecule is COc1c(Br)cc(Br)cc1S(=O)(=O)Cl. The summed E-state index contributed by atoms with van der Waals surface area (Å²) in [6, 6.07) is 3.05. The molecule has 0 unspecified atom stereocenters. The number of ether oxygens (including phenoxy) is 1. The largest absolute Gasteiger partial charge is 0.494 e. The highest BCUT2D eigenvalue weighted by Gasteiger charge is 2.19. The van der Waals surface area contributed by atoms with Crippen LogP contribution in [-0.2, 0) is 9.05 Å². The van der Waals surface area contributed by atoms with Crippen molar-refractivity contribution in [2.75, 3.05) is 7.11 Å². The maximum absolute atomic E-state index is 11.2. The molecule has 1 aromatic carbocycles. The minimum absolute atomic E-state index is 0.0667. The Balaban J connectivity index is 3.56. The monoisotopic (exact) mass is 362 g/mol. The van der Waals surface area contributed by atoms with Crippen molar-refractivity contribution in [1.29, 1.82) is 0 Å². The summed E-state index contributed by atoms with van der Waals surface area (Å²) in [6.45, 7) is 0. The fraction of sp³-hybridized carbons (Fsp3) is 0.143. The standard InChI is InChI=1S/C7H5Br2ClO3S/c1-13-7-5(9)2-4(8)3-6(7)14(10,11)12/h2-3H,1H3. The summed E-state index contributed by atoms with van der Waals surface area (Å²) in [4.78, 5) is -0.0667. The van der Waals surface area contributed by atoms with Gasteiger partial charge in [-0.2, -0.15) is 0 Å². The molecule has 0 bridgehead atoms. The molecule has 0 aliphatic carbocycles. The topological polar surface area (TPSA) is 43.4 Å². The molecule has 0 N–H and O–H groups in total. The molecule has 1 aromatic rings. The van der Waals surface area contributed by atoms with E-state index in [1.807, 2.05) is 0 Å². The summed E-state index contributed by atoms with van der Waals surface area (Å²) in [6.07, 6.45) is 0. The van der Waals surface area contributed by atoms with Crippen LogP contribution in [0.4, 0.5) is 0 Å². The van der Waals surface area contributed by atoms with Crippen LogP contribution in [0.1, 0.15) is 0 Å². The van der Waals surface area contributed by atoms with Crippen LogP contribution in [-0.4, -0.2) is 15.5 Å². The first kappa shape index (κ1) is 12.3. The summed E-state index contributed by atoms with van der Waals surface area (Å²) in [5, 5.41) is 0. The summed E-state index contributed by atoms with van der Waals surface area (Å²) in [7, 11) is 2.81. The average molecular weight is 364 g/mol. The van der Waals surface area contributed by atoms with Gasteiger partial charge in [-0.15, -0.1) is 0 Å². The normalized spacial score (nSPS) is 11.4. The highest BCUT2D eigenvalue weighted by molar-refractivity contribution is 9.11. The van der Waals surface area contributed by atoms with E-state index in [1.54, 1.807) is 6.07 Å². The lowest BCUT2D eigenvalue weighted by atomic mass is 10.3. The predicted molar refractivity (Wildman–Crippen MR) is 61.4 cm³/mol. The smallest absolute Gasteiger partial charge is 0.265 e. The fourth-order valence-corrected chi connectivity index (χ4v) is 3.61.